The lowest BCUT2D eigenvalue weighted by Gasteiger charge is -2.15. The zero-order valence-corrected chi connectivity index (χ0v) is 19.9. The first-order chi connectivity index (χ1) is 14.8. The summed E-state index contributed by atoms with van der Waals surface area (Å²) in [7, 11) is 0. The summed E-state index contributed by atoms with van der Waals surface area (Å²) < 4.78 is 7.17. The third-order valence-corrected chi connectivity index (χ3v) is 7.26. The standard InChI is InChI=1S/C21H27N5O3S2/c1-11(2)9-26-19(28)16-13-7-5-6-8-14(13)31-18(16)23-21(26)30-10-15(27)22-20-25-24-17(29-20)12(3)4/h11-12H,5-10H2,1-4H3,(H,22,25,27). The Bertz CT molecular complexity index is 1160. The number of aromatic nitrogens is 4. The highest BCUT2D eigenvalue weighted by atomic mass is 32.2. The van der Waals surface area contributed by atoms with Gasteiger partial charge in [-0.05, 0) is 37.2 Å². The summed E-state index contributed by atoms with van der Waals surface area (Å²) in [4.78, 5) is 32.7. The molecule has 1 N–H and O–H groups in total. The van der Waals surface area contributed by atoms with Gasteiger partial charge in [-0.15, -0.1) is 16.4 Å². The van der Waals surface area contributed by atoms with Crippen LogP contribution in [0.3, 0.4) is 0 Å². The molecule has 3 aromatic rings. The Morgan fingerprint density at radius 1 is 1.23 bits per heavy atom. The molecule has 8 nitrogen and oxygen atoms in total. The van der Waals surface area contributed by atoms with Gasteiger partial charge in [0.15, 0.2) is 5.16 Å². The van der Waals surface area contributed by atoms with E-state index in [0.717, 1.165) is 35.9 Å². The van der Waals surface area contributed by atoms with Gasteiger partial charge in [-0.3, -0.25) is 19.5 Å². The quantitative estimate of drug-likeness (QED) is 0.415. The molecule has 1 aliphatic rings. The number of aryl methyl sites for hydroxylation is 2. The lowest BCUT2D eigenvalue weighted by atomic mass is 9.97. The molecule has 0 aromatic carbocycles. The van der Waals surface area contributed by atoms with Crippen LogP contribution in [0.25, 0.3) is 10.2 Å². The van der Waals surface area contributed by atoms with Crippen molar-refractivity contribution in [3.05, 3.63) is 26.7 Å². The zero-order valence-electron chi connectivity index (χ0n) is 18.2. The number of hydrogen-bond acceptors (Lipinski definition) is 8. The molecule has 0 radical (unpaired) electrons. The summed E-state index contributed by atoms with van der Waals surface area (Å²) in [6.45, 7) is 8.59. The van der Waals surface area contributed by atoms with Gasteiger partial charge in [0, 0.05) is 17.3 Å². The van der Waals surface area contributed by atoms with E-state index in [1.165, 1.54) is 22.2 Å². The van der Waals surface area contributed by atoms with Crippen LogP contribution in [0.5, 0.6) is 0 Å². The van der Waals surface area contributed by atoms with E-state index in [4.69, 9.17) is 9.40 Å². The van der Waals surface area contributed by atoms with Crippen molar-refractivity contribution in [2.75, 3.05) is 11.1 Å². The molecule has 0 unspecified atom stereocenters. The van der Waals surface area contributed by atoms with Crippen molar-refractivity contribution in [2.45, 2.75) is 71.0 Å². The Labute approximate surface area is 188 Å². The zero-order chi connectivity index (χ0) is 22.1. The van der Waals surface area contributed by atoms with Gasteiger partial charge in [0.2, 0.25) is 11.8 Å². The minimum atomic E-state index is -0.278. The number of fused-ring (bicyclic) bond motifs is 3. The molecule has 0 saturated heterocycles. The van der Waals surface area contributed by atoms with Crippen LogP contribution in [0, 0.1) is 5.92 Å². The molecule has 0 atom stereocenters. The first kappa shape index (κ1) is 22.0. The molecule has 4 rings (SSSR count). The molecule has 1 amide bonds. The lowest BCUT2D eigenvalue weighted by molar-refractivity contribution is -0.113. The van der Waals surface area contributed by atoms with Crippen LogP contribution in [-0.2, 0) is 24.2 Å². The van der Waals surface area contributed by atoms with Crippen LogP contribution in [0.1, 0.15) is 62.8 Å². The number of nitrogens with zero attached hydrogens (tertiary/aromatic N) is 4. The molecule has 0 fully saturated rings. The number of rotatable bonds is 7. The van der Waals surface area contributed by atoms with Crippen molar-refractivity contribution in [1.29, 1.82) is 0 Å². The number of anilines is 1. The van der Waals surface area contributed by atoms with Crippen molar-refractivity contribution in [2.24, 2.45) is 5.92 Å². The SMILES string of the molecule is CC(C)Cn1c(SCC(=O)Nc2nnc(C(C)C)o2)nc2sc3c(c2c1=O)CCCC3. The van der Waals surface area contributed by atoms with Crippen LogP contribution < -0.4 is 10.9 Å². The largest absolute Gasteiger partial charge is 0.408 e. The normalized spacial score (nSPS) is 13.9. The van der Waals surface area contributed by atoms with Gasteiger partial charge in [-0.1, -0.05) is 44.6 Å². The summed E-state index contributed by atoms with van der Waals surface area (Å²) >= 11 is 2.89. The third-order valence-electron chi connectivity index (χ3n) is 5.10. The maximum absolute atomic E-state index is 13.4. The van der Waals surface area contributed by atoms with Crippen molar-refractivity contribution in [1.82, 2.24) is 19.7 Å². The average Bonchev–Trinajstić information content (AvgIpc) is 3.33. The number of amides is 1. The molecule has 166 valence electrons. The highest BCUT2D eigenvalue weighted by molar-refractivity contribution is 7.99. The fourth-order valence-electron chi connectivity index (χ4n) is 3.66. The number of thioether (sulfide) groups is 1. The first-order valence-corrected chi connectivity index (χ1v) is 12.4. The van der Waals surface area contributed by atoms with E-state index in [1.807, 2.05) is 13.8 Å². The van der Waals surface area contributed by atoms with Gasteiger partial charge < -0.3 is 4.42 Å². The minimum Gasteiger partial charge on any atom is -0.408 e. The van der Waals surface area contributed by atoms with Gasteiger partial charge >= 0.3 is 6.01 Å². The molecular formula is C21H27N5O3S2. The maximum atomic E-state index is 13.4. The summed E-state index contributed by atoms with van der Waals surface area (Å²) in [6.07, 6.45) is 4.25. The summed E-state index contributed by atoms with van der Waals surface area (Å²) in [5.41, 5.74) is 1.20. The Morgan fingerprint density at radius 2 is 2.00 bits per heavy atom. The molecule has 0 bridgehead atoms. The Morgan fingerprint density at radius 3 is 2.71 bits per heavy atom. The molecule has 0 aliphatic heterocycles. The number of carbonyl (C=O) groups excluding carboxylic acids is 1. The molecule has 10 heteroatoms. The molecule has 0 saturated carbocycles. The molecule has 3 heterocycles. The molecule has 1 aliphatic carbocycles. The van der Waals surface area contributed by atoms with Gasteiger partial charge in [0.25, 0.3) is 5.56 Å². The number of thiophene rings is 1. The second-order valence-electron chi connectivity index (χ2n) is 8.53. The van der Waals surface area contributed by atoms with Crippen LogP contribution in [0.4, 0.5) is 6.01 Å². The van der Waals surface area contributed by atoms with Gasteiger partial charge in [0.1, 0.15) is 4.83 Å². The second-order valence-corrected chi connectivity index (χ2v) is 10.6. The van der Waals surface area contributed by atoms with Crippen molar-refractivity contribution < 1.29 is 9.21 Å². The first-order valence-electron chi connectivity index (χ1n) is 10.6. The second kappa shape index (κ2) is 9.12. The van der Waals surface area contributed by atoms with E-state index in [9.17, 15) is 9.59 Å². The van der Waals surface area contributed by atoms with Crippen molar-refractivity contribution >= 4 is 45.2 Å². The smallest absolute Gasteiger partial charge is 0.322 e. The van der Waals surface area contributed by atoms with Crippen LogP contribution in [0.15, 0.2) is 14.4 Å². The van der Waals surface area contributed by atoms with Crippen LogP contribution in [-0.4, -0.2) is 31.4 Å². The monoisotopic (exact) mass is 461 g/mol. The van der Waals surface area contributed by atoms with E-state index in [1.54, 1.807) is 15.9 Å². The van der Waals surface area contributed by atoms with E-state index in [2.05, 4.69) is 29.4 Å². The van der Waals surface area contributed by atoms with E-state index < -0.39 is 0 Å². The van der Waals surface area contributed by atoms with Crippen LogP contribution in [0.2, 0.25) is 0 Å². The predicted molar refractivity (Wildman–Crippen MR) is 123 cm³/mol. The molecule has 3 aromatic heterocycles. The molecular weight excluding hydrogens is 434 g/mol. The van der Waals surface area contributed by atoms with E-state index >= 15 is 0 Å². The van der Waals surface area contributed by atoms with Crippen LogP contribution >= 0.6 is 23.1 Å². The fraction of sp³-hybridized carbons (Fsp3) is 0.571. The van der Waals surface area contributed by atoms with Crippen molar-refractivity contribution in [3.8, 4) is 0 Å². The van der Waals surface area contributed by atoms with Crippen molar-refractivity contribution in [3.63, 3.8) is 0 Å². The predicted octanol–water partition coefficient (Wildman–Crippen LogP) is 4.23. The van der Waals surface area contributed by atoms with Gasteiger partial charge in [0.05, 0.1) is 11.1 Å². The van der Waals surface area contributed by atoms with Gasteiger partial charge in [-0.25, -0.2) is 4.98 Å². The maximum Gasteiger partial charge on any atom is 0.322 e. The highest BCUT2D eigenvalue weighted by Gasteiger charge is 2.23. The summed E-state index contributed by atoms with van der Waals surface area (Å²) in [6, 6.07) is 0.0863. The fourth-order valence-corrected chi connectivity index (χ4v) is 5.77. The summed E-state index contributed by atoms with van der Waals surface area (Å²) in [5.74, 6) is 0.668. The molecule has 0 spiro atoms. The summed E-state index contributed by atoms with van der Waals surface area (Å²) in [5, 5.41) is 11.8. The Hall–Kier alpha value is -2.20. The van der Waals surface area contributed by atoms with E-state index in [-0.39, 0.29) is 35.1 Å². The topological polar surface area (TPSA) is 103 Å². The lowest BCUT2D eigenvalue weighted by Crippen LogP contribution is -2.26. The third kappa shape index (κ3) is 4.69. The van der Waals surface area contributed by atoms with Gasteiger partial charge in [-0.2, -0.15) is 0 Å². The Balaban J connectivity index is 1.58. The number of hydrogen-bond donors (Lipinski definition) is 1. The Kier molecular flexibility index (Phi) is 6.47. The number of nitrogens with one attached hydrogen (secondary N) is 1. The average molecular weight is 462 g/mol. The van der Waals surface area contributed by atoms with E-state index in [0.29, 0.717) is 17.6 Å². The molecule has 31 heavy (non-hydrogen) atoms. The number of carbonyl (C=O) groups is 1. The highest BCUT2D eigenvalue weighted by Crippen LogP contribution is 2.34. The minimum absolute atomic E-state index is 0.0134.